The number of aromatic amines is 1. The number of aromatic nitrogens is 2. The van der Waals surface area contributed by atoms with Gasteiger partial charge in [0.2, 0.25) is 0 Å². The van der Waals surface area contributed by atoms with Crippen LogP contribution in [0.1, 0.15) is 91.4 Å². The van der Waals surface area contributed by atoms with Crippen LogP contribution in [0.5, 0.6) is 0 Å². The van der Waals surface area contributed by atoms with Crippen LogP contribution in [0.3, 0.4) is 0 Å². The highest BCUT2D eigenvalue weighted by atomic mass is 15.0. The molecule has 2 nitrogen and oxygen atoms in total. The van der Waals surface area contributed by atoms with Gasteiger partial charge in [-0.15, -0.1) is 0 Å². The minimum absolute atomic E-state index is 0.144. The van der Waals surface area contributed by atoms with E-state index in [2.05, 4.69) is 60.4 Å². The molecule has 0 bridgehead atoms. The summed E-state index contributed by atoms with van der Waals surface area (Å²) in [5.74, 6) is 1.58. The van der Waals surface area contributed by atoms with Gasteiger partial charge in [-0.2, -0.15) is 0 Å². The second kappa shape index (κ2) is 5.07. The van der Waals surface area contributed by atoms with Crippen LogP contribution in [0.15, 0.2) is 0 Å². The summed E-state index contributed by atoms with van der Waals surface area (Å²) in [5, 5.41) is 0. The van der Waals surface area contributed by atoms with Gasteiger partial charge < -0.3 is 4.98 Å². The van der Waals surface area contributed by atoms with Crippen LogP contribution in [0.25, 0.3) is 0 Å². The Morgan fingerprint density at radius 2 is 1.50 bits per heavy atom. The maximum Gasteiger partial charge on any atom is 0.109 e. The molecule has 0 amide bonds. The van der Waals surface area contributed by atoms with E-state index in [0.717, 1.165) is 18.7 Å². The summed E-state index contributed by atoms with van der Waals surface area (Å²) in [7, 11) is 0. The zero-order chi connectivity index (χ0) is 14.1. The second-order valence-electron chi connectivity index (χ2n) is 6.98. The van der Waals surface area contributed by atoms with Crippen molar-refractivity contribution < 1.29 is 0 Å². The molecule has 0 radical (unpaired) electrons. The Morgan fingerprint density at radius 1 is 1.00 bits per heavy atom. The highest BCUT2D eigenvalue weighted by Crippen LogP contribution is 2.36. The smallest absolute Gasteiger partial charge is 0.109 e. The van der Waals surface area contributed by atoms with Gasteiger partial charge >= 0.3 is 0 Å². The van der Waals surface area contributed by atoms with Gasteiger partial charge in [0, 0.05) is 22.4 Å². The lowest BCUT2D eigenvalue weighted by Gasteiger charge is -2.29. The summed E-state index contributed by atoms with van der Waals surface area (Å²) in [4.78, 5) is 8.51. The zero-order valence-corrected chi connectivity index (χ0v) is 13.4. The first-order valence-corrected chi connectivity index (χ1v) is 7.26. The number of nitrogens with one attached hydrogen (secondary N) is 1. The van der Waals surface area contributed by atoms with Gasteiger partial charge in [-0.1, -0.05) is 55.4 Å². The highest BCUT2D eigenvalue weighted by Gasteiger charge is 2.32. The molecule has 0 atom stereocenters. The lowest BCUT2D eigenvalue weighted by atomic mass is 9.77. The highest BCUT2D eigenvalue weighted by molar-refractivity contribution is 5.29. The molecule has 0 aliphatic heterocycles. The van der Waals surface area contributed by atoms with Crippen molar-refractivity contribution in [1.82, 2.24) is 9.97 Å². The number of H-pyrrole nitrogens is 1. The SMILES string of the molecule is CCC(C)(C)c1nc(C(C)C)[nH]c1C(C)(C)CC. The van der Waals surface area contributed by atoms with E-state index in [9.17, 15) is 0 Å². The summed E-state index contributed by atoms with van der Waals surface area (Å²) < 4.78 is 0. The Labute approximate surface area is 113 Å². The van der Waals surface area contributed by atoms with Crippen LogP contribution in [0.2, 0.25) is 0 Å². The predicted octanol–water partition coefficient (Wildman–Crippen LogP) is 4.91. The van der Waals surface area contributed by atoms with Crippen molar-refractivity contribution >= 4 is 0 Å². The Bertz CT molecular complexity index is 364. The Hall–Kier alpha value is -0.790. The van der Waals surface area contributed by atoms with Crippen LogP contribution >= 0.6 is 0 Å². The monoisotopic (exact) mass is 250 g/mol. The van der Waals surface area contributed by atoms with Gasteiger partial charge in [-0.05, 0) is 12.8 Å². The third-order valence-electron chi connectivity index (χ3n) is 4.35. The Morgan fingerprint density at radius 3 is 1.89 bits per heavy atom. The fraction of sp³-hybridized carbons (Fsp3) is 0.812. The first-order valence-electron chi connectivity index (χ1n) is 7.26. The van der Waals surface area contributed by atoms with E-state index in [1.165, 1.54) is 11.4 Å². The molecular formula is C16H30N2. The van der Waals surface area contributed by atoms with E-state index in [4.69, 9.17) is 4.98 Å². The molecule has 18 heavy (non-hydrogen) atoms. The summed E-state index contributed by atoms with van der Waals surface area (Å²) in [5.41, 5.74) is 2.91. The van der Waals surface area contributed by atoms with E-state index in [-0.39, 0.29) is 10.8 Å². The van der Waals surface area contributed by atoms with Crippen LogP contribution in [-0.2, 0) is 10.8 Å². The molecule has 0 saturated carbocycles. The molecule has 1 heterocycles. The summed E-state index contributed by atoms with van der Waals surface area (Å²) in [6, 6.07) is 0. The lowest BCUT2D eigenvalue weighted by molar-refractivity contribution is 0.441. The average molecular weight is 250 g/mol. The maximum absolute atomic E-state index is 4.91. The van der Waals surface area contributed by atoms with Crippen LogP contribution in [0.4, 0.5) is 0 Å². The van der Waals surface area contributed by atoms with E-state index in [1.807, 2.05) is 0 Å². The van der Waals surface area contributed by atoms with Gasteiger partial charge in [-0.3, -0.25) is 0 Å². The van der Waals surface area contributed by atoms with Crippen molar-refractivity contribution in [2.24, 2.45) is 0 Å². The predicted molar refractivity (Wildman–Crippen MR) is 79.3 cm³/mol. The topological polar surface area (TPSA) is 28.7 Å². The molecule has 104 valence electrons. The van der Waals surface area contributed by atoms with Gasteiger partial charge in [-0.25, -0.2) is 4.98 Å². The summed E-state index contributed by atoms with van der Waals surface area (Å²) in [6.07, 6.45) is 2.24. The Kier molecular flexibility index (Phi) is 4.30. The molecule has 1 rings (SSSR count). The molecule has 0 aromatic carbocycles. The fourth-order valence-electron chi connectivity index (χ4n) is 1.99. The van der Waals surface area contributed by atoms with Crippen LogP contribution in [0, 0.1) is 0 Å². The lowest BCUT2D eigenvalue weighted by Crippen LogP contribution is -2.25. The van der Waals surface area contributed by atoms with Crippen molar-refractivity contribution in [2.45, 2.75) is 85.0 Å². The molecule has 0 spiro atoms. The van der Waals surface area contributed by atoms with Gasteiger partial charge in [0.05, 0.1) is 5.69 Å². The molecule has 0 aliphatic carbocycles. The molecule has 1 N–H and O–H groups in total. The zero-order valence-electron chi connectivity index (χ0n) is 13.4. The third kappa shape index (κ3) is 2.78. The third-order valence-corrected chi connectivity index (χ3v) is 4.35. The Balaban J connectivity index is 3.40. The summed E-state index contributed by atoms with van der Waals surface area (Å²) >= 11 is 0. The van der Waals surface area contributed by atoms with Gasteiger partial charge in [0.1, 0.15) is 5.82 Å². The first-order chi connectivity index (χ1) is 8.15. The number of imidazole rings is 1. The van der Waals surface area contributed by atoms with Crippen LogP contribution in [-0.4, -0.2) is 9.97 Å². The molecule has 0 saturated heterocycles. The minimum Gasteiger partial charge on any atom is -0.345 e. The van der Waals surface area contributed by atoms with Gasteiger partial charge in [0.15, 0.2) is 0 Å². The number of hydrogen-bond acceptors (Lipinski definition) is 1. The summed E-state index contributed by atoms with van der Waals surface area (Å²) in [6.45, 7) is 18.1. The molecule has 0 aliphatic rings. The number of rotatable bonds is 5. The van der Waals surface area contributed by atoms with Crippen molar-refractivity contribution in [3.8, 4) is 0 Å². The molecule has 0 unspecified atom stereocenters. The number of nitrogens with zero attached hydrogens (tertiary/aromatic N) is 1. The quantitative estimate of drug-likeness (QED) is 0.790. The normalized spacial score (nSPS) is 13.4. The molecule has 1 aromatic heterocycles. The molecule has 0 fully saturated rings. The molecule has 1 aromatic rings. The minimum atomic E-state index is 0.144. The first kappa shape index (κ1) is 15.3. The van der Waals surface area contributed by atoms with E-state index in [0.29, 0.717) is 5.92 Å². The molecule has 2 heteroatoms. The van der Waals surface area contributed by atoms with E-state index >= 15 is 0 Å². The van der Waals surface area contributed by atoms with E-state index < -0.39 is 0 Å². The van der Waals surface area contributed by atoms with E-state index in [1.54, 1.807) is 0 Å². The van der Waals surface area contributed by atoms with Crippen molar-refractivity contribution in [2.75, 3.05) is 0 Å². The second-order valence-corrected chi connectivity index (χ2v) is 6.98. The van der Waals surface area contributed by atoms with Crippen molar-refractivity contribution in [1.29, 1.82) is 0 Å². The van der Waals surface area contributed by atoms with Gasteiger partial charge in [0.25, 0.3) is 0 Å². The van der Waals surface area contributed by atoms with Crippen molar-refractivity contribution in [3.05, 3.63) is 17.2 Å². The largest absolute Gasteiger partial charge is 0.345 e. The maximum atomic E-state index is 4.91. The number of hydrogen-bond donors (Lipinski definition) is 1. The average Bonchev–Trinajstić information content (AvgIpc) is 2.75. The fourth-order valence-corrected chi connectivity index (χ4v) is 1.99. The standard InChI is InChI=1S/C16H30N2/c1-9-15(5,6)12-13(16(7,8)10-2)18-14(17-12)11(3)4/h11H,9-10H2,1-8H3,(H,17,18). The van der Waals surface area contributed by atoms with Crippen LogP contribution < -0.4 is 0 Å². The van der Waals surface area contributed by atoms with Crippen molar-refractivity contribution in [3.63, 3.8) is 0 Å². The molecular weight excluding hydrogens is 220 g/mol.